The van der Waals surface area contributed by atoms with Crippen molar-refractivity contribution in [2.75, 3.05) is 26.7 Å². The number of H-pyrrole nitrogens is 1. The van der Waals surface area contributed by atoms with Gasteiger partial charge in [-0.15, -0.1) is 0 Å². The van der Waals surface area contributed by atoms with E-state index in [4.69, 9.17) is 0 Å². The molecule has 8 nitrogen and oxygen atoms in total. The minimum absolute atomic E-state index is 0.00381. The van der Waals surface area contributed by atoms with Crippen molar-refractivity contribution in [3.05, 3.63) is 18.0 Å². The van der Waals surface area contributed by atoms with Crippen LogP contribution in [0.4, 0.5) is 0 Å². The normalized spacial score (nSPS) is 19.3. The number of amides is 2. The number of aromatic nitrogens is 1. The molecule has 0 bridgehead atoms. The maximum Gasteiger partial charge on any atom is 0.270 e. The van der Waals surface area contributed by atoms with E-state index in [-0.39, 0.29) is 35.0 Å². The first-order valence-corrected chi connectivity index (χ1v) is 12.6. The first-order chi connectivity index (χ1) is 14.4. The van der Waals surface area contributed by atoms with E-state index >= 15 is 0 Å². The molecule has 0 radical (unpaired) electrons. The Bertz CT molecular complexity index is 822. The third kappa shape index (κ3) is 5.85. The summed E-state index contributed by atoms with van der Waals surface area (Å²) in [6.45, 7) is 1.15. The van der Waals surface area contributed by atoms with Crippen LogP contribution in [-0.4, -0.2) is 67.1 Å². The number of nitrogens with one attached hydrogen (secondary N) is 2. The summed E-state index contributed by atoms with van der Waals surface area (Å²) in [5, 5.41) is 2.99. The van der Waals surface area contributed by atoms with E-state index in [2.05, 4.69) is 10.3 Å². The van der Waals surface area contributed by atoms with Crippen molar-refractivity contribution >= 4 is 21.8 Å². The van der Waals surface area contributed by atoms with Gasteiger partial charge in [0.25, 0.3) is 5.91 Å². The van der Waals surface area contributed by atoms with Crippen molar-refractivity contribution < 1.29 is 18.0 Å². The van der Waals surface area contributed by atoms with Gasteiger partial charge < -0.3 is 15.2 Å². The monoisotopic (exact) mass is 438 g/mol. The van der Waals surface area contributed by atoms with Crippen LogP contribution in [0.15, 0.2) is 17.2 Å². The van der Waals surface area contributed by atoms with Crippen molar-refractivity contribution in [1.82, 2.24) is 19.5 Å². The lowest BCUT2D eigenvalue weighted by molar-refractivity contribution is -0.122. The molecule has 1 aromatic heterocycles. The molecule has 3 rings (SSSR count). The molecule has 2 amide bonds. The summed E-state index contributed by atoms with van der Waals surface area (Å²) in [5.74, 6) is -0.465. The third-order valence-corrected chi connectivity index (χ3v) is 7.86. The number of likely N-dealkylation sites (N-methyl/N-ethyl adjacent to an activating group) is 1. The van der Waals surface area contributed by atoms with Gasteiger partial charge >= 0.3 is 0 Å². The molecule has 1 saturated heterocycles. The van der Waals surface area contributed by atoms with E-state index < -0.39 is 10.0 Å². The molecule has 0 unspecified atom stereocenters. The highest BCUT2D eigenvalue weighted by atomic mass is 32.2. The molecule has 9 heteroatoms. The number of aromatic amines is 1. The molecule has 2 heterocycles. The van der Waals surface area contributed by atoms with E-state index in [0.29, 0.717) is 13.1 Å². The molecule has 1 saturated carbocycles. The van der Waals surface area contributed by atoms with Crippen molar-refractivity contribution in [2.45, 2.75) is 75.1 Å². The maximum absolute atomic E-state index is 12.9. The fraction of sp³-hybridized carbons (Fsp3) is 0.714. The van der Waals surface area contributed by atoms with Gasteiger partial charge in [0.1, 0.15) is 10.6 Å². The molecule has 30 heavy (non-hydrogen) atoms. The second-order valence-electron chi connectivity index (χ2n) is 8.47. The van der Waals surface area contributed by atoms with Crippen LogP contribution in [0.1, 0.15) is 74.7 Å². The molecule has 0 atom stereocenters. The van der Waals surface area contributed by atoms with Crippen LogP contribution >= 0.6 is 0 Å². The second-order valence-corrected chi connectivity index (χ2v) is 10.5. The molecule has 168 valence electrons. The predicted octanol–water partition coefficient (Wildman–Crippen LogP) is 2.49. The first-order valence-electron chi connectivity index (χ1n) is 11.1. The summed E-state index contributed by atoms with van der Waals surface area (Å²) < 4.78 is 26.8. The van der Waals surface area contributed by atoms with E-state index in [0.717, 1.165) is 49.3 Å². The number of nitrogens with zero attached hydrogens (tertiary/aromatic N) is 2. The SMILES string of the molecule is CN(CC(=O)NC1CCCCCCC1)S(=O)(=O)c1c[nH]c(C(=O)N2CCCCC2)c1. The number of carbonyl (C=O) groups excluding carboxylic acids is 2. The molecule has 0 spiro atoms. The molecular weight excluding hydrogens is 404 g/mol. The number of piperidine rings is 1. The molecule has 1 aliphatic carbocycles. The summed E-state index contributed by atoms with van der Waals surface area (Å²) in [7, 11) is -2.47. The molecule has 0 aromatic carbocycles. The van der Waals surface area contributed by atoms with Crippen molar-refractivity contribution in [2.24, 2.45) is 0 Å². The lowest BCUT2D eigenvalue weighted by Gasteiger charge is -2.26. The molecular formula is C21H34N4O4S. The lowest BCUT2D eigenvalue weighted by Crippen LogP contribution is -2.42. The molecule has 2 fully saturated rings. The van der Waals surface area contributed by atoms with E-state index in [1.54, 1.807) is 4.90 Å². The number of carbonyl (C=O) groups is 2. The summed E-state index contributed by atoms with van der Waals surface area (Å²) in [5.41, 5.74) is 0.267. The largest absolute Gasteiger partial charge is 0.356 e. The molecule has 1 aromatic rings. The van der Waals surface area contributed by atoms with Crippen LogP contribution in [0, 0.1) is 0 Å². The quantitative estimate of drug-likeness (QED) is 0.712. The summed E-state index contributed by atoms with van der Waals surface area (Å²) >= 11 is 0. The number of sulfonamides is 1. The van der Waals surface area contributed by atoms with Gasteiger partial charge in [-0.3, -0.25) is 9.59 Å². The maximum atomic E-state index is 12.9. The predicted molar refractivity (Wildman–Crippen MR) is 115 cm³/mol. The molecule has 2 aliphatic rings. The topological polar surface area (TPSA) is 103 Å². The van der Waals surface area contributed by atoms with Gasteiger partial charge in [-0.05, 0) is 38.2 Å². The fourth-order valence-electron chi connectivity index (χ4n) is 4.26. The summed E-state index contributed by atoms with van der Waals surface area (Å²) in [6.07, 6.45) is 12.1. The zero-order chi connectivity index (χ0) is 21.6. The Labute approximate surface area is 179 Å². The van der Waals surface area contributed by atoms with Gasteiger partial charge in [0.15, 0.2) is 0 Å². The Balaban J connectivity index is 1.58. The lowest BCUT2D eigenvalue weighted by atomic mass is 9.97. The smallest absolute Gasteiger partial charge is 0.270 e. The number of hydrogen-bond acceptors (Lipinski definition) is 4. The number of likely N-dealkylation sites (tertiary alicyclic amines) is 1. The van der Waals surface area contributed by atoms with Gasteiger partial charge in [0, 0.05) is 32.4 Å². The zero-order valence-electron chi connectivity index (χ0n) is 17.9. The molecule has 2 N–H and O–H groups in total. The van der Waals surface area contributed by atoms with Crippen LogP contribution < -0.4 is 5.32 Å². The second kappa shape index (κ2) is 10.4. The van der Waals surface area contributed by atoms with Gasteiger partial charge in [-0.2, -0.15) is 4.31 Å². The minimum atomic E-state index is -3.86. The molecule has 1 aliphatic heterocycles. The Morgan fingerprint density at radius 3 is 2.33 bits per heavy atom. The summed E-state index contributed by atoms with van der Waals surface area (Å²) in [6, 6.07) is 1.49. The van der Waals surface area contributed by atoms with Crippen LogP contribution in [0.2, 0.25) is 0 Å². The highest BCUT2D eigenvalue weighted by Crippen LogP contribution is 2.19. The number of rotatable bonds is 6. The highest BCUT2D eigenvalue weighted by Gasteiger charge is 2.27. The van der Waals surface area contributed by atoms with Gasteiger partial charge in [0.05, 0.1) is 6.54 Å². The van der Waals surface area contributed by atoms with Crippen LogP contribution in [-0.2, 0) is 14.8 Å². The number of hydrogen-bond donors (Lipinski definition) is 2. The van der Waals surface area contributed by atoms with E-state index in [9.17, 15) is 18.0 Å². The summed E-state index contributed by atoms with van der Waals surface area (Å²) in [4.78, 5) is 29.6. The van der Waals surface area contributed by atoms with Crippen LogP contribution in [0.25, 0.3) is 0 Å². The van der Waals surface area contributed by atoms with Crippen molar-refractivity contribution in [3.63, 3.8) is 0 Å². The first kappa shape index (κ1) is 22.8. The fourth-order valence-corrected chi connectivity index (χ4v) is 5.38. The Hall–Kier alpha value is -1.87. The van der Waals surface area contributed by atoms with E-state index in [1.807, 2.05) is 0 Å². The Morgan fingerprint density at radius 1 is 1.07 bits per heavy atom. The average molecular weight is 439 g/mol. The van der Waals surface area contributed by atoms with Gasteiger partial charge in [-0.1, -0.05) is 32.1 Å². The van der Waals surface area contributed by atoms with Crippen LogP contribution in [0.5, 0.6) is 0 Å². The van der Waals surface area contributed by atoms with Crippen molar-refractivity contribution in [1.29, 1.82) is 0 Å². The van der Waals surface area contributed by atoms with E-state index in [1.165, 1.54) is 38.6 Å². The van der Waals surface area contributed by atoms with Crippen molar-refractivity contribution in [3.8, 4) is 0 Å². The Kier molecular flexibility index (Phi) is 7.93. The zero-order valence-corrected chi connectivity index (χ0v) is 18.7. The van der Waals surface area contributed by atoms with Gasteiger partial charge in [0.2, 0.25) is 15.9 Å². The van der Waals surface area contributed by atoms with Gasteiger partial charge in [-0.25, -0.2) is 8.42 Å². The third-order valence-electron chi connectivity index (χ3n) is 6.07. The Morgan fingerprint density at radius 2 is 1.67 bits per heavy atom. The van der Waals surface area contributed by atoms with Crippen LogP contribution in [0.3, 0.4) is 0 Å². The standard InChI is InChI=1S/C21H34N4O4S/c1-24(16-20(26)23-17-10-6-3-2-4-7-11-17)30(28,29)18-14-19(22-15-18)21(27)25-12-8-5-9-13-25/h14-15,17,22H,2-13,16H2,1H3,(H,23,26). The average Bonchev–Trinajstić information content (AvgIpc) is 3.21. The highest BCUT2D eigenvalue weighted by molar-refractivity contribution is 7.89. The minimum Gasteiger partial charge on any atom is -0.356 e.